The number of aromatic amines is 1. The number of morpholine rings is 1. The third-order valence-corrected chi connectivity index (χ3v) is 10.3. The van der Waals surface area contributed by atoms with Crippen LogP contribution in [-0.4, -0.2) is 105 Å². The number of hydrogen-bond donors (Lipinski definition) is 5. The molecule has 0 spiro atoms. The molecular weight excluding hydrogens is 806 g/mol. The van der Waals surface area contributed by atoms with Gasteiger partial charge in [0, 0.05) is 61.2 Å². The van der Waals surface area contributed by atoms with Gasteiger partial charge in [0.1, 0.15) is 11.6 Å². The van der Waals surface area contributed by atoms with Gasteiger partial charge >= 0.3 is 23.9 Å². The normalized spacial score (nSPS) is 17.9. The molecule has 3 heterocycles. The van der Waals surface area contributed by atoms with Crippen LogP contribution in [0.5, 0.6) is 0 Å². The van der Waals surface area contributed by atoms with Crippen molar-refractivity contribution in [2.24, 2.45) is 11.8 Å². The van der Waals surface area contributed by atoms with Crippen molar-refractivity contribution in [3.05, 3.63) is 72.3 Å². The SMILES string of the molecule is CC(C)(C)OC(=O)NC[C@H]1CC[C@H](C(=O)N[C@@H](Cc2cccc(-c3cnc(N4CCOCC4)nc3)c2)C(=O)Nc2ccc(-c3n[nH]c(C(F)(F)C(F)(F)C(=O)O)n3)cc2)CC1. The Kier molecular flexibility index (Phi) is 13.5. The first kappa shape index (κ1) is 44.4. The lowest BCUT2D eigenvalue weighted by Gasteiger charge is -2.29. The number of carboxylic acid groups (broad SMARTS) is 1. The van der Waals surface area contributed by atoms with E-state index in [2.05, 4.69) is 36.0 Å². The number of nitrogens with one attached hydrogen (secondary N) is 4. The minimum Gasteiger partial charge on any atom is -0.477 e. The molecular formula is C41H47F4N9O7. The van der Waals surface area contributed by atoms with Crippen LogP contribution in [0.2, 0.25) is 0 Å². The number of benzene rings is 2. The minimum absolute atomic E-state index is 0.0930. The highest BCUT2D eigenvalue weighted by Crippen LogP contribution is 2.42. The van der Waals surface area contributed by atoms with E-state index in [4.69, 9.17) is 14.6 Å². The lowest BCUT2D eigenvalue weighted by atomic mass is 9.81. The van der Waals surface area contributed by atoms with Crippen LogP contribution in [0, 0.1) is 11.8 Å². The maximum absolute atomic E-state index is 14.3. The first-order valence-electron chi connectivity index (χ1n) is 19.7. The van der Waals surface area contributed by atoms with Crippen LogP contribution < -0.4 is 20.9 Å². The number of alkyl carbamates (subject to hydrolysis) is 1. The molecule has 4 aromatic rings. The topological polar surface area (TPSA) is 214 Å². The fourth-order valence-electron chi connectivity index (χ4n) is 6.93. The van der Waals surface area contributed by atoms with Crippen molar-refractivity contribution < 1.29 is 51.3 Å². The predicted molar refractivity (Wildman–Crippen MR) is 213 cm³/mol. The largest absolute Gasteiger partial charge is 0.477 e. The van der Waals surface area contributed by atoms with Crippen LogP contribution in [0.25, 0.3) is 22.5 Å². The number of H-pyrrole nitrogens is 1. The van der Waals surface area contributed by atoms with Gasteiger partial charge in [-0.1, -0.05) is 24.3 Å². The second kappa shape index (κ2) is 18.6. The van der Waals surface area contributed by atoms with Gasteiger partial charge in [-0.05, 0) is 87.8 Å². The molecule has 1 aliphatic carbocycles. The van der Waals surface area contributed by atoms with E-state index in [0.717, 1.165) is 16.7 Å². The molecule has 326 valence electrons. The predicted octanol–water partition coefficient (Wildman–Crippen LogP) is 5.57. The summed E-state index contributed by atoms with van der Waals surface area (Å²) in [7, 11) is 0. The second-order valence-corrected chi connectivity index (χ2v) is 16.0. The summed E-state index contributed by atoms with van der Waals surface area (Å²) in [6, 6.07) is 11.9. The third-order valence-electron chi connectivity index (χ3n) is 10.3. The Morgan fingerprint density at radius 1 is 0.934 bits per heavy atom. The third kappa shape index (κ3) is 11.2. The quantitative estimate of drug-likeness (QED) is 0.0985. The Hall–Kier alpha value is -6.18. The van der Waals surface area contributed by atoms with Crippen LogP contribution in [0.1, 0.15) is 57.8 Å². The van der Waals surface area contributed by atoms with Crippen molar-refractivity contribution in [3.63, 3.8) is 0 Å². The fraction of sp³-hybridized carbons (Fsp3) is 0.463. The van der Waals surface area contributed by atoms with Crippen molar-refractivity contribution in [2.45, 2.75) is 76.4 Å². The monoisotopic (exact) mass is 853 g/mol. The summed E-state index contributed by atoms with van der Waals surface area (Å²) in [5.41, 5.74) is 1.99. The van der Waals surface area contributed by atoms with Crippen molar-refractivity contribution in [1.82, 2.24) is 35.8 Å². The Morgan fingerprint density at radius 2 is 1.61 bits per heavy atom. The smallest absolute Gasteiger partial charge is 0.411 e. The Morgan fingerprint density at radius 3 is 2.25 bits per heavy atom. The molecule has 5 N–H and O–H groups in total. The molecule has 2 aromatic carbocycles. The van der Waals surface area contributed by atoms with E-state index in [1.54, 1.807) is 38.3 Å². The van der Waals surface area contributed by atoms with Gasteiger partial charge in [-0.3, -0.25) is 14.7 Å². The standard InChI is InChI=1S/C41H47F4N9O7/c1-39(2,3)61-38(59)48-21-24-7-9-27(10-8-24)33(55)50-31(20-25-5-4-6-28(19-25)29-22-46-37(47-23-29)54-15-17-60-18-16-54)34(56)49-30-13-11-26(12-14-30)32-51-35(53-52-32)40(42,43)41(44,45)36(57)58/h4-6,11-14,19,22-24,27,31H,7-10,15-18,20-21H2,1-3H3,(H,48,59)(H,49,56)(H,50,55)(H,57,58)(H,51,52,53)/t24-,27-,31-/m0/s1. The maximum atomic E-state index is 14.3. The molecule has 16 nitrogen and oxygen atoms in total. The maximum Gasteiger partial charge on any atom is 0.411 e. The number of amides is 3. The summed E-state index contributed by atoms with van der Waals surface area (Å²) in [5, 5.41) is 22.3. The first-order valence-corrected chi connectivity index (χ1v) is 19.7. The highest BCUT2D eigenvalue weighted by atomic mass is 19.3. The average molecular weight is 854 g/mol. The summed E-state index contributed by atoms with van der Waals surface area (Å²) in [6.45, 7) is 8.31. The number of hydrogen-bond acceptors (Lipinski definition) is 11. The van der Waals surface area contributed by atoms with Crippen molar-refractivity contribution in [3.8, 4) is 22.5 Å². The van der Waals surface area contributed by atoms with E-state index in [1.165, 1.54) is 24.3 Å². The van der Waals surface area contributed by atoms with Gasteiger partial charge in [0.25, 0.3) is 0 Å². The highest BCUT2D eigenvalue weighted by molar-refractivity contribution is 5.98. The molecule has 0 unspecified atom stereocenters. The van der Waals surface area contributed by atoms with E-state index in [9.17, 15) is 36.7 Å². The fourth-order valence-corrected chi connectivity index (χ4v) is 6.93. The van der Waals surface area contributed by atoms with Gasteiger partial charge < -0.3 is 35.4 Å². The molecule has 2 fully saturated rings. The zero-order chi connectivity index (χ0) is 44.0. The van der Waals surface area contributed by atoms with E-state index >= 15 is 0 Å². The van der Waals surface area contributed by atoms with Gasteiger partial charge in [0.2, 0.25) is 23.6 Å². The molecule has 1 saturated carbocycles. The lowest BCUT2D eigenvalue weighted by molar-refractivity contribution is -0.231. The zero-order valence-corrected chi connectivity index (χ0v) is 33.7. The molecule has 0 bridgehead atoms. The van der Waals surface area contributed by atoms with Crippen LogP contribution in [0.15, 0.2) is 60.9 Å². The summed E-state index contributed by atoms with van der Waals surface area (Å²) >= 11 is 0. The van der Waals surface area contributed by atoms with Crippen molar-refractivity contribution in [2.75, 3.05) is 43.1 Å². The van der Waals surface area contributed by atoms with E-state index in [-0.39, 0.29) is 35.4 Å². The van der Waals surface area contributed by atoms with E-state index < -0.39 is 53.1 Å². The molecule has 1 aliphatic heterocycles. The molecule has 1 saturated heterocycles. The summed E-state index contributed by atoms with van der Waals surface area (Å²) in [4.78, 5) is 65.2. The number of rotatable bonds is 14. The summed E-state index contributed by atoms with van der Waals surface area (Å²) in [5.74, 6) is -16.2. The lowest BCUT2D eigenvalue weighted by Crippen LogP contribution is -2.48. The summed E-state index contributed by atoms with van der Waals surface area (Å²) < 4.78 is 66.8. The van der Waals surface area contributed by atoms with Gasteiger partial charge in [-0.15, -0.1) is 0 Å². The van der Waals surface area contributed by atoms with Gasteiger partial charge in [-0.25, -0.2) is 24.5 Å². The Balaban J connectivity index is 1.15. The second-order valence-electron chi connectivity index (χ2n) is 16.0. The van der Waals surface area contributed by atoms with Crippen LogP contribution in [-0.2, 0) is 36.2 Å². The number of carboxylic acids is 1. The van der Waals surface area contributed by atoms with Gasteiger partial charge in [0.05, 0.1) is 13.2 Å². The number of aromatic nitrogens is 5. The number of nitrogens with zero attached hydrogens (tertiary/aromatic N) is 5. The zero-order valence-electron chi connectivity index (χ0n) is 33.7. The van der Waals surface area contributed by atoms with Crippen molar-refractivity contribution >= 4 is 35.5 Å². The van der Waals surface area contributed by atoms with E-state index in [0.29, 0.717) is 64.5 Å². The highest BCUT2D eigenvalue weighted by Gasteiger charge is 2.65. The average Bonchev–Trinajstić information content (AvgIpc) is 3.74. The summed E-state index contributed by atoms with van der Waals surface area (Å²) in [6.07, 6.45) is 5.48. The molecule has 20 heteroatoms. The number of aliphatic carboxylic acids is 1. The Bertz CT molecular complexity index is 2170. The molecule has 6 rings (SSSR count). The van der Waals surface area contributed by atoms with Crippen molar-refractivity contribution in [1.29, 1.82) is 0 Å². The molecule has 0 radical (unpaired) electrons. The van der Waals surface area contributed by atoms with Gasteiger partial charge in [0.15, 0.2) is 5.82 Å². The number of carbonyl (C=O) groups excluding carboxylic acids is 3. The molecule has 1 atom stereocenters. The number of halogens is 4. The first-order chi connectivity index (χ1) is 28.9. The number of carbonyl (C=O) groups is 4. The number of alkyl halides is 4. The molecule has 3 amide bonds. The van der Waals surface area contributed by atoms with Crippen LogP contribution in [0.3, 0.4) is 0 Å². The molecule has 2 aliphatic rings. The Labute approximate surface area is 348 Å². The molecule has 61 heavy (non-hydrogen) atoms. The van der Waals surface area contributed by atoms with Gasteiger partial charge in [-0.2, -0.15) is 22.7 Å². The minimum atomic E-state index is -5.45. The van der Waals surface area contributed by atoms with E-state index in [1.807, 2.05) is 29.2 Å². The number of anilines is 2. The molecule has 2 aromatic heterocycles. The number of ether oxygens (including phenoxy) is 2. The van der Waals surface area contributed by atoms with Crippen LogP contribution in [0.4, 0.5) is 34.0 Å². The van der Waals surface area contributed by atoms with Crippen LogP contribution >= 0.6 is 0 Å².